The minimum absolute atomic E-state index is 0.149. The molecule has 0 unspecified atom stereocenters. The topological polar surface area (TPSA) is 41.3 Å². The predicted octanol–water partition coefficient (Wildman–Crippen LogP) is 2.05. The van der Waals surface area contributed by atoms with Gasteiger partial charge < -0.3 is 11.1 Å². The Morgan fingerprint density at radius 3 is 2.76 bits per heavy atom. The number of piperazine rings is 1. The number of nitrogens with zero attached hydrogens (tertiary/aromatic N) is 1. The highest BCUT2D eigenvalue weighted by atomic mass is 35.5. The monoisotopic (exact) mass is 251 g/mol. The van der Waals surface area contributed by atoms with E-state index < -0.39 is 0 Å². The van der Waals surface area contributed by atoms with Crippen molar-refractivity contribution in [1.29, 1.82) is 0 Å². The van der Waals surface area contributed by atoms with Crippen LogP contribution in [0.4, 0.5) is 5.69 Å². The van der Waals surface area contributed by atoms with Crippen molar-refractivity contribution < 1.29 is 0 Å². The minimum Gasteiger partial charge on any atom is -0.398 e. The van der Waals surface area contributed by atoms with Gasteiger partial charge in [0.05, 0.1) is 6.04 Å². The third-order valence-corrected chi connectivity index (χ3v) is 3.37. The molecule has 0 saturated carbocycles. The zero-order valence-electron chi connectivity index (χ0n) is 9.82. The molecule has 92 valence electrons. The van der Waals surface area contributed by atoms with Crippen molar-refractivity contribution in [1.82, 2.24) is 10.2 Å². The number of nitrogen functional groups attached to an aromatic ring is 1. The number of benzene rings is 1. The smallest absolute Gasteiger partial charge is 0.0550 e. The Balaban J connectivity index is 2.27. The maximum atomic E-state index is 6.04. The van der Waals surface area contributed by atoms with E-state index in [1.807, 2.05) is 24.3 Å². The van der Waals surface area contributed by atoms with Crippen LogP contribution >= 0.6 is 11.6 Å². The van der Waals surface area contributed by atoms with E-state index in [0.717, 1.165) is 42.5 Å². The first-order valence-corrected chi connectivity index (χ1v) is 6.22. The van der Waals surface area contributed by atoms with Crippen LogP contribution in [-0.4, -0.2) is 31.1 Å². The van der Waals surface area contributed by atoms with Crippen molar-refractivity contribution in [3.8, 4) is 0 Å². The lowest BCUT2D eigenvalue weighted by atomic mass is 10.0. The van der Waals surface area contributed by atoms with E-state index in [1.165, 1.54) is 0 Å². The second kappa shape index (κ2) is 5.54. The molecule has 1 aliphatic rings. The first-order chi connectivity index (χ1) is 8.22. The lowest BCUT2D eigenvalue weighted by Crippen LogP contribution is -2.44. The van der Waals surface area contributed by atoms with Gasteiger partial charge in [0.1, 0.15) is 0 Å². The summed E-state index contributed by atoms with van der Waals surface area (Å²) in [4.78, 5) is 2.37. The first-order valence-electron chi connectivity index (χ1n) is 5.84. The third-order valence-electron chi connectivity index (χ3n) is 3.14. The van der Waals surface area contributed by atoms with Crippen LogP contribution in [0.5, 0.6) is 0 Å². The van der Waals surface area contributed by atoms with Crippen molar-refractivity contribution >= 4 is 17.3 Å². The molecule has 4 heteroatoms. The average molecular weight is 252 g/mol. The molecule has 3 nitrogen and oxygen atoms in total. The van der Waals surface area contributed by atoms with Gasteiger partial charge in [0.15, 0.2) is 0 Å². The molecule has 0 aromatic heterocycles. The fraction of sp³-hybridized carbons (Fsp3) is 0.385. The quantitative estimate of drug-likeness (QED) is 0.638. The Morgan fingerprint density at radius 1 is 1.41 bits per heavy atom. The number of hydrogen-bond donors (Lipinski definition) is 2. The highest BCUT2D eigenvalue weighted by molar-refractivity contribution is 6.30. The van der Waals surface area contributed by atoms with E-state index in [2.05, 4.69) is 16.8 Å². The van der Waals surface area contributed by atoms with Gasteiger partial charge in [-0.2, -0.15) is 0 Å². The second-order valence-electron chi connectivity index (χ2n) is 4.24. The summed E-state index contributed by atoms with van der Waals surface area (Å²) >= 11 is 6.04. The standard InChI is InChI=1S/C13H18ClN3/c1-2-13(17-7-5-16-6-8-17)11-9-10(14)3-4-12(11)15/h2-4,9,13,16H,1,5-8,15H2/t13-/m0/s1. The maximum absolute atomic E-state index is 6.04. The molecule has 0 amide bonds. The van der Waals surface area contributed by atoms with E-state index in [-0.39, 0.29) is 6.04 Å². The molecule has 3 N–H and O–H groups in total. The fourth-order valence-corrected chi connectivity index (χ4v) is 2.42. The molecular formula is C13H18ClN3. The molecule has 0 aliphatic carbocycles. The summed E-state index contributed by atoms with van der Waals surface area (Å²) in [6.07, 6.45) is 1.94. The second-order valence-corrected chi connectivity index (χ2v) is 4.68. The van der Waals surface area contributed by atoms with Gasteiger partial charge in [-0.3, -0.25) is 4.90 Å². The fourth-order valence-electron chi connectivity index (χ4n) is 2.23. The lowest BCUT2D eigenvalue weighted by Gasteiger charge is -2.34. The summed E-state index contributed by atoms with van der Waals surface area (Å²) in [7, 11) is 0. The number of halogens is 1. The molecule has 1 heterocycles. The summed E-state index contributed by atoms with van der Waals surface area (Å²) < 4.78 is 0. The summed E-state index contributed by atoms with van der Waals surface area (Å²) in [5, 5.41) is 4.06. The molecule has 0 spiro atoms. The van der Waals surface area contributed by atoms with Crippen LogP contribution in [0.2, 0.25) is 5.02 Å². The Bertz CT molecular complexity index is 400. The highest BCUT2D eigenvalue weighted by Gasteiger charge is 2.21. The van der Waals surface area contributed by atoms with Crippen LogP contribution in [0.1, 0.15) is 11.6 Å². The molecule has 17 heavy (non-hydrogen) atoms. The maximum Gasteiger partial charge on any atom is 0.0550 e. The highest BCUT2D eigenvalue weighted by Crippen LogP contribution is 2.29. The van der Waals surface area contributed by atoms with Crippen molar-refractivity contribution in [2.45, 2.75) is 6.04 Å². The molecule has 1 saturated heterocycles. The molecule has 0 radical (unpaired) electrons. The first kappa shape index (κ1) is 12.4. The third kappa shape index (κ3) is 2.80. The molecule has 1 fully saturated rings. The molecule has 1 aromatic rings. The van der Waals surface area contributed by atoms with Gasteiger partial charge in [0.2, 0.25) is 0 Å². The van der Waals surface area contributed by atoms with Crippen molar-refractivity contribution in [2.75, 3.05) is 31.9 Å². The van der Waals surface area contributed by atoms with Crippen LogP contribution in [0.15, 0.2) is 30.9 Å². The molecule has 2 rings (SSSR count). The average Bonchev–Trinajstić information content (AvgIpc) is 2.36. The van der Waals surface area contributed by atoms with Crippen molar-refractivity contribution in [3.05, 3.63) is 41.4 Å². The SMILES string of the molecule is C=C[C@@H](c1cc(Cl)ccc1N)N1CCNCC1. The van der Waals surface area contributed by atoms with E-state index in [1.54, 1.807) is 0 Å². The normalized spacial score (nSPS) is 18.9. The van der Waals surface area contributed by atoms with Crippen molar-refractivity contribution in [3.63, 3.8) is 0 Å². The van der Waals surface area contributed by atoms with E-state index in [9.17, 15) is 0 Å². The molecular weight excluding hydrogens is 234 g/mol. The van der Waals surface area contributed by atoms with E-state index in [0.29, 0.717) is 0 Å². The van der Waals surface area contributed by atoms with Gasteiger partial charge in [-0.1, -0.05) is 17.7 Å². The van der Waals surface area contributed by atoms with Crippen LogP contribution < -0.4 is 11.1 Å². The Kier molecular flexibility index (Phi) is 4.05. The number of hydrogen-bond acceptors (Lipinski definition) is 3. The molecule has 1 atom stereocenters. The summed E-state index contributed by atoms with van der Waals surface area (Å²) in [5.41, 5.74) is 7.85. The van der Waals surface area contributed by atoms with Crippen LogP contribution in [0.3, 0.4) is 0 Å². The summed E-state index contributed by atoms with van der Waals surface area (Å²) in [6.45, 7) is 7.94. The van der Waals surface area contributed by atoms with Gasteiger partial charge in [0.25, 0.3) is 0 Å². The van der Waals surface area contributed by atoms with Crippen LogP contribution in [0.25, 0.3) is 0 Å². The Labute approximate surface area is 107 Å². The van der Waals surface area contributed by atoms with Gasteiger partial charge >= 0.3 is 0 Å². The molecule has 1 aliphatic heterocycles. The number of nitrogens with one attached hydrogen (secondary N) is 1. The largest absolute Gasteiger partial charge is 0.398 e. The predicted molar refractivity (Wildman–Crippen MR) is 73.2 cm³/mol. The summed E-state index contributed by atoms with van der Waals surface area (Å²) in [5.74, 6) is 0. The Morgan fingerprint density at radius 2 is 2.12 bits per heavy atom. The summed E-state index contributed by atoms with van der Waals surface area (Å²) in [6, 6.07) is 5.76. The minimum atomic E-state index is 0.149. The number of anilines is 1. The van der Waals surface area contributed by atoms with Gasteiger partial charge in [-0.05, 0) is 23.8 Å². The van der Waals surface area contributed by atoms with Crippen molar-refractivity contribution in [2.24, 2.45) is 0 Å². The van der Waals surface area contributed by atoms with E-state index >= 15 is 0 Å². The van der Waals surface area contributed by atoms with Gasteiger partial charge in [-0.15, -0.1) is 6.58 Å². The lowest BCUT2D eigenvalue weighted by molar-refractivity contribution is 0.204. The molecule has 0 bridgehead atoms. The van der Waals surface area contributed by atoms with Gasteiger partial charge in [0, 0.05) is 36.9 Å². The van der Waals surface area contributed by atoms with E-state index in [4.69, 9.17) is 17.3 Å². The number of nitrogens with two attached hydrogens (primary N) is 1. The van der Waals surface area contributed by atoms with Crippen LogP contribution in [-0.2, 0) is 0 Å². The van der Waals surface area contributed by atoms with Gasteiger partial charge in [-0.25, -0.2) is 0 Å². The Hall–Kier alpha value is -1.03. The zero-order chi connectivity index (χ0) is 12.3. The zero-order valence-corrected chi connectivity index (χ0v) is 10.6. The van der Waals surface area contributed by atoms with Crippen LogP contribution in [0, 0.1) is 0 Å². The number of rotatable bonds is 3. The molecule has 1 aromatic carbocycles.